The molecule has 3 heterocycles. The molecule has 3 aromatic rings. The Bertz CT molecular complexity index is 1150. The number of hydrogen-bond acceptors (Lipinski definition) is 6. The van der Waals surface area contributed by atoms with E-state index in [4.69, 9.17) is 9.47 Å². The molecule has 1 fully saturated rings. The molecule has 0 aliphatic carbocycles. The van der Waals surface area contributed by atoms with Gasteiger partial charge >= 0.3 is 5.97 Å². The van der Waals surface area contributed by atoms with Crippen molar-refractivity contribution in [3.63, 3.8) is 0 Å². The van der Waals surface area contributed by atoms with E-state index < -0.39 is 5.97 Å². The topological polar surface area (TPSA) is 68.7 Å². The minimum atomic E-state index is -0.413. The van der Waals surface area contributed by atoms with Crippen LogP contribution in [0.4, 0.5) is 5.69 Å². The van der Waals surface area contributed by atoms with Crippen LogP contribution in [0.2, 0.25) is 0 Å². The Morgan fingerprint density at radius 3 is 2.88 bits per heavy atom. The fourth-order valence-corrected chi connectivity index (χ4v) is 4.96. The van der Waals surface area contributed by atoms with Crippen molar-refractivity contribution in [1.29, 1.82) is 0 Å². The largest absolute Gasteiger partial charge is 0.459 e. The monoisotopic (exact) mass is 446 g/mol. The lowest BCUT2D eigenvalue weighted by molar-refractivity contribution is 0.0161. The minimum absolute atomic E-state index is 0.0338. The molecule has 1 amide bonds. The second kappa shape index (κ2) is 9.14. The summed E-state index contributed by atoms with van der Waals surface area (Å²) < 4.78 is 11.0. The fraction of sp³-hybridized carbons (Fsp3) is 0.240. The maximum absolute atomic E-state index is 13.5. The molecule has 1 atom stereocenters. The first-order chi connectivity index (χ1) is 15.7. The van der Waals surface area contributed by atoms with Gasteiger partial charge in [-0.3, -0.25) is 9.78 Å². The summed E-state index contributed by atoms with van der Waals surface area (Å²) >= 11 is 1.53. The zero-order chi connectivity index (χ0) is 21.9. The highest BCUT2D eigenvalue weighted by Crippen LogP contribution is 2.42. The molecule has 0 bridgehead atoms. The quantitative estimate of drug-likeness (QED) is 0.528. The van der Waals surface area contributed by atoms with Crippen LogP contribution in [-0.2, 0) is 16.0 Å². The molecule has 0 unspecified atom stereocenters. The normalized spacial score (nSPS) is 17.4. The number of hydrogen-bond donors (Lipinski definition) is 0. The lowest BCUT2D eigenvalue weighted by Gasteiger charge is -2.23. The molecule has 1 saturated heterocycles. The Balaban J connectivity index is 1.49. The third-order valence-corrected chi connectivity index (χ3v) is 6.70. The lowest BCUT2D eigenvalue weighted by atomic mass is 10.1. The molecule has 2 aliphatic heterocycles. The first-order valence-corrected chi connectivity index (χ1v) is 11.4. The number of esters is 1. The molecular formula is C25H22N2O4S. The Morgan fingerprint density at radius 2 is 2.06 bits per heavy atom. The summed E-state index contributed by atoms with van der Waals surface area (Å²) in [6.45, 7) is 1.31. The van der Waals surface area contributed by atoms with E-state index in [0.717, 1.165) is 28.2 Å². The van der Waals surface area contributed by atoms with Crippen LogP contribution in [0, 0.1) is 0 Å². The number of anilines is 1. The van der Waals surface area contributed by atoms with Crippen LogP contribution in [0.1, 0.15) is 39.1 Å². The van der Waals surface area contributed by atoms with Crippen LogP contribution in [0.5, 0.6) is 0 Å². The van der Waals surface area contributed by atoms with Crippen molar-refractivity contribution in [1.82, 2.24) is 4.98 Å². The average Bonchev–Trinajstić information content (AvgIpc) is 3.32. The van der Waals surface area contributed by atoms with Gasteiger partial charge in [-0.15, -0.1) is 0 Å². The number of rotatable bonds is 5. The first-order valence-electron chi connectivity index (χ1n) is 10.6. The third-order valence-electron chi connectivity index (χ3n) is 5.56. The van der Waals surface area contributed by atoms with Crippen molar-refractivity contribution >= 4 is 29.3 Å². The van der Waals surface area contributed by atoms with E-state index in [1.807, 2.05) is 42.5 Å². The Hall–Kier alpha value is -3.16. The number of ether oxygens (including phenoxy) is 2. The summed E-state index contributed by atoms with van der Waals surface area (Å²) in [7, 11) is 0. The summed E-state index contributed by atoms with van der Waals surface area (Å²) in [5, 5.41) is 0. The Morgan fingerprint density at radius 1 is 1.16 bits per heavy atom. The van der Waals surface area contributed by atoms with Gasteiger partial charge in [0.1, 0.15) is 6.61 Å². The van der Waals surface area contributed by atoms with E-state index in [1.54, 1.807) is 29.4 Å². The van der Waals surface area contributed by atoms with Crippen LogP contribution >= 0.6 is 11.8 Å². The molecule has 7 heteroatoms. The van der Waals surface area contributed by atoms with Crippen molar-refractivity contribution in [2.75, 3.05) is 18.1 Å². The van der Waals surface area contributed by atoms with Crippen LogP contribution in [0.3, 0.4) is 0 Å². The predicted molar refractivity (Wildman–Crippen MR) is 121 cm³/mol. The molecular weight excluding hydrogens is 424 g/mol. The molecule has 1 aromatic heterocycles. The number of aromatic nitrogens is 1. The number of amides is 1. The van der Waals surface area contributed by atoms with Crippen molar-refractivity contribution in [2.24, 2.45) is 0 Å². The molecule has 6 nitrogen and oxygen atoms in total. The second-order valence-electron chi connectivity index (χ2n) is 7.77. The molecule has 5 rings (SSSR count). The molecule has 2 aliphatic rings. The zero-order valence-corrected chi connectivity index (χ0v) is 18.2. The highest BCUT2D eigenvalue weighted by molar-refractivity contribution is 7.99. The van der Waals surface area contributed by atoms with Gasteiger partial charge in [-0.1, -0.05) is 30.0 Å². The molecule has 0 N–H and O–H groups in total. The van der Waals surface area contributed by atoms with Gasteiger partial charge in [0.25, 0.3) is 5.91 Å². The maximum Gasteiger partial charge on any atom is 0.338 e. The van der Waals surface area contributed by atoms with Gasteiger partial charge in [-0.05, 0) is 54.8 Å². The first kappa shape index (κ1) is 20.7. The maximum atomic E-state index is 13.5. The summed E-state index contributed by atoms with van der Waals surface area (Å²) in [6.07, 6.45) is 5.31. The van der Waals surface area contributed by atoms with E-state index in [1.165, 1.54) is 11.8 Å². The summed E-state index contributed by atoms with van der Waals surface area (Å²) in [6, 6.07) is 16.7. The summed E-state index contributed by atoms with van der Waals surface area (Å²) in [5.41, 5.74) is 2.64. The molecule has 2 aromatic carbocycles. The molecule has 32 heavy (non-hydrogen) atoms. The molecule has 0 spiro atoms. The van der Waals surface area contributed by atoms with Gasteiger partial charge in [0.15, 0.2) is 0 Å². The van der Waals surface area contributed by atoms with Crippen LogP contribution in [0.25, 0.3) is 0 Å². The highest BCUT2D eigenvalue weighted by atomic mass is 32.2. The second-order valence-corrected chi connectivity index (χ2v) is 8.85. The van der Waals surface area contributed by atoms with E-state index in [2.05, 4.69) is 4.98 Å². The number of carbonyl (C=O) groups excluding carboxylic acids is 2. The van der Waals surface area contributed by atoms with Gasteiger partial charge in [-0.2, -0.15) is 0 Å². The number of nitrogens with zero attached hydrogens (tertiary/aromatic N) is 2. The van der Waals surface area contributed by atoms with Crippen molar-refractivity contribution in [3.05, 3.63) is 83.7 Å². The smallest absolute Gasteiger partial charge is 0.338 e. The SMILES string of the molecule is O=C(OC[C@H]1CCCO1)c1ccc2c(c1)N(Cc1cccnc1)C(=O)c1ccccc1S2. The number of fused-ring (bicyclic) bond motifs is 2. The van der Waals surface area contributed by atoms with Crippen LogP contribution < -0.4 is 4.90 Å². The van der Waals surface area contributed by atoms with Gasteiger partial charge in [0.05, 0.1) is 29.5 Å². The Labute approximate surface area is 190 Å². The number of carbonyl (C=O) groups is 2. The van der Waals surface area contributed by atoms with E-state index in [-0.39, 0.29) is 18.6 Å². The highest BCUT2D eigenvalue weighted by Gasteiger charge is 2.28. The zero-order valence-electron chi connectivity index (χ0n) is 17.4. The van der Waals surface area contributed by atoms with E-state index in [0.29, 0.717) is 30.0 Å². The third kappa shape index (κ3) is 4.26. The number of pyridine rings is 1. The molecule has 0 saturated carbocycles. The van der Waals surface area contributed by atoms with Gasteiger partial charge in [0, 0.05) is 28.8 Å². The fourth-order valence-electron chi connectivity index (χ4n) is 3.91. The Kier molecular flexibility index (Phi) is 5.92. The van der Waals surface area contributed by atoms with Crippen LogP contribution in [-0.4, -0.2) is 36.2 Å². The standard InChI is InChI=1S/C25H22N2O4S/c28-24-20-7-1-2-8-22(20)32-23-10-9-18(25(29)31-16-19-6-4-12-30-19)13-21(23)27(24)15-17-5-3-11-26-14-17/h1-3,5,7-11,13-14,19H,4,6,12,15-16H2/t19-/m1/s1. The average molecular weight is 447 g/mol. The predicted octanol–water partition coefficient (Wildman–Crippen LogP) is 4.73. The van der Waals surface area contributed by atoms with Gasteiger partial charge in [-0.25, -0.2) is 4.79 Å². The summed E-state index contributed by atoms with van der Waals surface area (Å²) in [4.78, 5) is 34.0. The van der Waals surface area contributed by atoms with Gasteiger partial charge < -0.3 is 14.4 Å². The van der Waals surface area contributed by atoms with E-state index in [9.17, 15) is 9.59 Å². The molecule has 162 valence electrons. The van der Waals surface area contributed by atoms with Crippen molar-refractivity contribution in [3.8, 4) is 0 Å². The van der Waals surface area contributed by atoms with Crippen LogP contribution in [0.15, 0.2) is 76.8 Å². The van der Waals surface area contributed by atoms with Gasteiger partial charge in [0.2, 0.25) is 0 Å². The minimum Gasteiger partial charge on any atom is -0.459 e. The summed E-state index contributed by atoms with van der Waals surface area (Å²) in [5.74, 6) is -0.524. The lowest BCUT2D eigenvalue weighted by Crippen LogP contribution is -2.30. The van der Waals surface area contributed by atoms with E-state index >= 15 is 0 Å². The number of benzene rings is 2. The molecule has 0 radical (unpaired) electrons. The van der Waals surface area contributed by atoms with Crippen molar-refractivity contribution in [2.45, 2.75) is 35.3 Å². The van der Waals surface area contributed by atoms with Crippen molar-refractivity contribution < 1.29 is 19.1 Å².